The highest BCUT2D eigenvalue weighted by molar-refractivity contribution is 6.06. The molecule has 1 saturated heterocycles. The van der Waals surface area contributed by atoms with E-state index in [0.717, 1.165) is 21.6 Å². The molecule has 6 nitrogen and oxygen atoms in total. The summed E-state index contributed by atoms with van der Waals surface area (Å²) in [5.74, 6) is -0.706. The predicted octanol–water partition coefficient (Wildman–Crippen LogP) is 3.03. The summed E-state index contributed by atoms with van der Waals surface area (Å²) < 4.78 is 0. The summed E-state index contributed by atoms with van der Waals surface area (Å²) in [5.41, 5.74) is 4.43. The van der Waals surface area contributed by atoms with Crippen LogP contribution in [-0.2, 0) is 16.0 Å². The number of amides is 4. The van der Waals surface area contributed by atoms with Gasteiger partial charge in [-0.2, -0.15) is 0 Å². The van der Waals surface area contributed by atoms with Crippen LogP contribution in [0.5, 0.6) is 0 Å². The topological polar surface area (TPSA) is 78.5 Å². The van der Waals surface area contributed by atoms with Crippen LogP contribution < -0.4 is 10.6 Å². The standard InChI is InChI=1S/C23H27N3O3/c1-15-9-11-19(13-16(15)2)17(3)24-21(27)14-26-22(28)20(25-23(26)29)12-10-18-7-5-4-6-8-18/h4-9,11,13,17,20H,10,12,14H2,1-3H3,(H,24,27)(H,25,29). The smallest absolute Gasteiger partial charge is 0.325 e. The van der Waals surface area contributed by atoms with Crippen molar-refractivity contribution in [1.29, 1.82) is 0 Å². The average molecular weight is 393 g/mol. The van der Waals surface area contributed by atoms with Crippen molar-refractivity contribution in [2.75, 3.05) is 6.54 Å². The molecule has 1 fully saturated rings. The molecule has 2 aromatic rings. The van der Waals surface area contributed by atoms with Crippen molar-refractivity contribution in [3.63, 3.8) is 0 Å². The Morgan fingerprint density at radius 3 is 2.52 bits per heavy atom. The molecule has 2 atom stereocenters. The third-order valence-electron chi connectivity index (χ3n) is 5.38. The fourth-order valence-electron chi connectivity index (χ4n) is 3.43. The average Bonchev–Trinajstić information content (AvgIpc) is 2.96. The lowest BCUT2D eigenvalue weighted by atomic mass is 10.0. The van der Waals surface area contributed by atoms with Crippen molar-refractivity contribution >= 4 is 17.8 Å². The third-order valence-corrected chi connectivity index (χ3v) is 5.38. The fraction of sp³-hybridized carbons (Fsp3) is 0.348. The maximum Gasteiger partial charge on any atom is 0.325 e. The van der Waals surface area contributed by atoms with Gasteiger partial charge in [0.1, 0.15) is 12.6 Å². The molecule has 0 aliphatic carbocycles. The lowest BCUT2D eigenvalue weighted by Gasteiger charge is -2.18. The van der Waals surface area contributed by atoms with Crippen LogP contribution >= 0.6 is 0 Å². The maximum absolute atomic E-state index is 12.6. The number of nitrogens with zero attached hydrogens (tertiary/aromatic N) is 1. The van der Waals surface area contributed by atoms with Crippen LogP contribution in [0, 0.1) is 13.8 Å². The SMILES string of the molecule is Cc1ccc(C(C)NC(=O)CN2C(=O)NC(CCc3ccccc3)C2=O)cc1C. The fourth-order valence-corrected chi connectivity index (χ4v) is 3.43. The van der Waals surface area contributed by atoms with E-state index < -0.39 is 12.1 Å². The molecule has 152 valence electrons. The number of aryl methyl sites for hydroxylation is 3. The molecule has 6 heteroatoms. The van der Waals surface area contributed by atoms with Crippen molar-refractivity contribution < 1.29 is 14.4 Å². The van der Waals surface area contributed by atoms with Gasteiger partial charge in [0.2, 0.25) is 5.91 Å². The molecule has 0 saturated carbocycles. The van der Waals surface area contributed by atoms with Gasteiger partial charge in [0.05, 0.1) is 6.04 Å². The van der Waals surface area contributed by atoms with Gasteiger partial charge in [0.15, 0.2) is 0 Å². The molecule has 2 unspecified atom stereocenters. The largest absolute Gasteiger partial charge is 0.348 e. The Hall–Kier alpha value is -3.15. The molecule has 29 heavy (non-hydrogen) atoms. The lowest BCUT2D eigenvalue weighted by molar-refractivity contribution is -0.132. The molecule has 1 heterocycles. The van der Waals surface area contributed by atoms with Gasteiger partial charge in [-0.05, 0) is 55.9 Å². The number of imide groups is 1. The first-order valence-corrected chi connectivity index (χ1v) is 9.87. The number of rotatable bonds is 7. The van der Waals surface area contributed by atoms with E-state index >= 15 is 0 Å². The van der Waals surface area contributed by atoms with Gasteiger partial charge >= 0.3 is 6.03 Å². The van der Waals surface area contributed by atoms with Crippen LogP contribution in [0.1, 0.15) is 41.6 Å². The van der Waals surface area contributed by atoms with Gasteiger partial charge in [-0.3, -0.25) is 14.5 Å². The van der Waals surface area contributed by atoms with Crippen LogP contribution in [-0.4, -0.2) is 35.3 Å². The van der Waals surface area contributed by atoms with Gasteiger partial charge in [-0.25, -0.2) is 4.79 Å². The number of benzene rings is 2. The number of hydrogen-bond donors (Lipinski definition) is 2. The first-order valence-electron chi connectivity index (χ1n) is 9.87. The predicted molar refractivity (Wildman–Crippen MR) is 111 cm³/mol. The second-order valence-corrected chi connectivity index (χ2v) is 7.58. The molecule has 0 bridgehead atoms. The Bertz CT molecular complexity index is 911. The minimum absolute atomic E-state index is 0.212. The number of nitrogens with one attached hydrogen (secondary N) is 2. The Morgan fingerprint density at radius 1 is 1.10 bits per heavy atom. The van der Waals surface area contributed by atoms with E-state index in [0.29, 0.717) is 12.8 Å². The zero-order chi connectivity index (χ0) is 21.0. The maximum atomic E-state index is 12.6. The highest BCUT2D eigenvalue weighted by Gasteiger charge is 2.38. The first kappa shape index (κ1) is 20.6. The number of carbonyl (C=O) groups is 3. The molecule has 4 amide bonds. The molecule has 0 spiro atoms. The summed E-state index contributed by atoms with van der Waals surface area (Å²) >= 11 is 0. The van der Waals surface area contributed by atoms with E-state index in [9.17, 15) is 14.4 Å². The summed E-state index contributed by atoms with van der Waals surface area (Å²) in [6, 6.07) is 14.5. The molecular formula is C23H27N3O3. The first-order chi connectivity index (χ1) is 13.8. The van der Waals surface area contributed by atoms with Crippen molar-refractivity contribution in [3.05, 3.63) is 70.8 Å². The van der Waals surface area contributed by atoms with Crippen molar-refractivity contribution in [3.8, 4) is 0 Å². The Morgan fingerprint density at radius 2 is 1.83 bits per heavy atom. The minimum atomic E-state index is -0.590. The summed E-state index contributed by atoms with van der Waals surface area (Å²) in [4.78, 5) is 38.2. The quantitative estimate of drug-likeness (QED) is 0.710. The number of hydrogen-bond acceptors (Lipinski definition) is 3. The van der Waals surface area contributed by atoms with Gasteiger partial charge in [0.25, 0.3) is 5.91 Å². The molecule has 3 rings (SSSR count). The van der Waals surface area contributed by atoms with E-state index in [1.807, 2.05) is 69.3 Å². The number of carbonyl (C=O) groups excluding carboxylic acids is 3. The van der Waals surface area contributed by atoms with Crippen molar-refractivity contribution in [2.45, 2.75) is 45.7 Å². The Balaban J connectivity index is 1.54. The summed E-state index contributed by atoms with van der Waals surface area (Å²) in [5, 5.41) is 5.56. The van der Waals surface area contributed by atoms with Gasteiger partial charge in [-0.1, -0.05) is 48.5 Å². The van der Waals surface area contributed by atoms with Crippen molar-refractivity contribution in [2.24, 2.45) is 0 Å². The van der Waals surface area contributed by atoms with E-state index in [4.69, 9.17) is 0 Å². The van der Waals surface area contributed by atoms with Crippen LogP contribution in [0.4, 0.5) is 4.79 Å². The summed E-state index contributed by atoms with van der Waals surface area (Å²) in [7, 11) is 0. The molecule has 1 aliphatic heterocycles. The molecule has 2 aromatic carbocycles. The third kappa shape index (κ3) is 5.02. The monoisotopic (exact) mass is 393 g/mol. The molecule has 2 N–H and O–H groups in total. The second kappa shape index (κ2) is 8.90. The Labute approximate surface area is 171 Å². The molecular weight excluding hydrogens is 366 g/mol. The zero-order valence-corrected chi connectivity index (χ0v) is 17.1. The Kier molecular flexibility index (Phi) is 6.32. The lowest BCUT2D eigenvalue weighted by Crippen LogP contribution is -2.41. The van der Waals surface area contributed by atoms with E-state index in [1.165, 1.54) is 5.56 Å². The van der Waals surface area contributed by atoms with Crippen LogP contribution in [0.3, 0.4) is 0 Å². The van der Waals surface area contributed by atoms with E-state index in [1.54, 1.807) is 0 Å². The van der Waals surface area contributed by atoms with E-state index in [2.05, 4.69) is 10.6 Å². The highest BCUT2D eigenvalue weighted by atomic mass is 16.2. The van der Waals surface area contributed by atoms with Crippen LogP contribution in [0.25, 0.3) is 0 Å². The van der Waals surface area contributed by atoms with Gasteiger partial charge < -0.3 is 10.6 Å². The second-order valence-electron chi connectivity index (χ2n) is 7.58. The zero-order valence-electron chi connectivity index (χ0n) is 17.1. The minimum Gasteiger partial charge on any atom is -0.348 e. The molecule has 1 aliphatic rings. The highest BCUT2D eigenvalue weighted by Crippen LogP contribution is 2.17. The molecule has 0 aromatic heterocycles. The van der Waals surface area contributed by atoms with Crippen LogP contribution in [0.2, 0.25) is 0 Å². The summed E-state index contributed by atoms with van der Waals surface area (Å²) in [6.45, 7) is 5.67. The molecule has 0 radical (unpaired) electrons. The van der Waals surface area contributed by atoms with Crippen LogP contribution in [0.15, 0.2) is 48.5 Å². The summed E-state index contributed by atoms with van der Waals surface area (Å²) in [6.07, 6.45) is 1.19. The van der Waals surface area contributed by atoms with E-state index in [-0.39, 0.29) is 24.4 Å². The van der Waals surface area contributed by atoms with Gasteiger partial charge in [-0.15, -0.1) is 0 Å². The normalized spacial score (nSPS) is 17.2. The number of urea groups is 1. The van der Waals surface area contributed by atoms with Crippen molar-refractivity contribution in [1.82, 2.24) is 15.5 Å². The van der Waals surface area contributed by atoms with Gasteiger partial charge in [0, 0.05) is 0 Å².